The molecule has 0 amide bonds. The lowest BCUT2D eigenvalue weighted by Crippen LogP contribution is -2.22. The predicted molar refractivity (Wildman–Crippen MR) is 92.0 cm³/mol. The number of hydrogen-bond donors (Lipinski definition) is 1. The SMILES string of the molecule is CNCC(Cc1ccc(Br)cc1)Cc1ccc(OC)cc1. The van der Waals surface area contributed by atoms with Crippen molar-refractivity contribution in [1.29, 1.82) is 0 Å². The first-order valence-electron chi connectivity index (χ1n) is 7.23. The van der Waals surface area contributed by atoms with E-state index < -0.39 is 0 Å². The molecule has 2 rings (SSSR count). The van der Waals surface area contributed by atoms with E-state index in [0.29, 0.717) is 5.92 Å². The lowest BCUT2D eigenvalue weighted by atomic mass is 9.92. The molecule has 0 heterocycles. The standard InChI is InChI=1S/C18H22BrNO/c1-20-13-16(11-14-3-7-17(19)8-4-14)12-15-5-9-18(21-2)10-6-15/h3-10,16,20H,11-13H2,1-2H3. The molecule has 0 radical (unpaired) electrons. The molecule has 2 aromatic rings. The summed E-state index contributed by atoms with van der Waals surface area (Å²) in [6, 6.07) is 17.0. The van der Waals surface area contributed by atoms with Crippen LogP contribution in [0, 0.1) is 5.92 Å². The summed E-state index contributed by atoms with van der Waals surface area (Å²) in [5.41, 5.74) is 2.74. The normalized spacial score (nSPS) is 12.1. The largest absolute Gasteiger partial charge is 0.497 e. The van der Waals surface area contributed by atoms with Gasteiger partial charge in [-0.25, -0.2) is 0 Å². The van der Waals surface area contributed by atoms with Crippen molar-refractivity contribution in [1.82, 2.24) is 5.32 Å². The molecule has 0 aliphatic carbocycles. The first-order chi connectivity index (χ1) is 10.2. The number of ether oxygens (including phenoxy) is 1. The highest BCUT2D eigenvalue weighted by Gasteiger charge is 2.10. The van der Waals surface area contributed by atoms with E-state index in [1.54, 1.807) is 7.11 Å². The molecule has 0 bridgehead atoms. The third-order valence-corrected chi connectivity index (χ3v) is 4.14. The van der Waals surface area contributed by atoms with Crippen LogP contribution in [-0.2, 0) is 12.8 Å². The topological polar surface area (TPSA) is 21.3 Å². The van der Waals surface area contributed by atoms with E-state index in [1.165, 1.54) is 11.1 Å². The molecule has 2 aromatic carbocycles. The van der Waals surface area contributed by atoms with E-state index in [1.807, 2.05) is 19.2 Å². The fraction of sp³-hybridized carbons (Fsp3) is 0.333. The molecule has 0 aliphatic rings. The Balaban J connectivity index is 2.02. The van der Waals surface area contributed by atoms with Crippen LogP contribution in [-0.4, -0.2) is 20.7 Å². The molecule has 21 heavy (non-hydrogen) atoms. The summed E-state index contributed by atoms with van der Waals surface area (Å²) in [6.45, 7) is 1.02. The second kappa shape index (κ2) is 8.20. The first-order valence-corrected chi connectivity index (χ1v) is 8.02. The van der Waals surface area contributed by atoms with Crippen LogP contribution in [0.15, 0.2) is 53.0 Å². The third-order valence-electron chi connectivity index (χ3n) is 3.61. The highest BCUT2D eigenvalue weighted by atomic mass is 79.9. The molecule has 1 unspecified atom stereocenters. The maximum atomic E-state index is 5.21. The van der Waals surface area contributed by atoms with Gasteiger partial charge in [0.05, 0.1) is 7.11 Å². The van der Waals surface area contributed by atoms with Crippen molar-refractivity contribution in [2.24, 2.45) is 5.92 Å². The van der Waals surface area contributed by atoms with E-state index in [-0.39, 0.29) is 0 Å². The maximum absolute atomic E-state index is 5.21. The molecule has 0 aromatic heterocycles. The van der Waals surface area contributed by atoms with Gasteiger partial charge in [-0.1, -0.05) is 40.2 Å². The van der Waals surface area contributed by atoms with Crippen LogP contribution in [0.5, 0.6) is 5.75 Å². The van der Waals surface area contributed by atoms with Gasteiger partial charge >= 0.3 is 0 Å². The van der Waals surface area contributed by atoms with Crippen molar-refractivity contribution >= 4 is 15.9 Å². The zero-order valence-electron chi connectivity index (χ0n) is 12.6. The molecule has 2 nitrogen and oxygen atoms in total. The Labute approximate surface area is 135 Å². The van der Waals surface area contributed by atoms with Gasteiger partial charge < -0.3 is 10.1 Å². The van der Waals surface area contributed by atoms with Crippen LogP contribution in [0.1, 0.15) is 11.1 Å². The van der Waals surface area contributed by atoms with Crippen LogP contribution in [0.3, 0.4) is 0 Å². The van der Waals surface area contributed by atoms with Crippen LogP contribution in [0.4, 0.5) is 0 Å². The summed E-state index contributed by atoms with van der Waals surface area (Å²) in [5.74, 6) is 1.50. The summed E-state index contributed by atoms with van der Waals surface area (Å²) in [4.78, 5) is 0. The summed E-state index contributed by atoms with van der Waals surface area (Å²) in [6.07, 6.45) is 2.15. The van der Waals surface area contributed by atoms with Gasteiger partial charge in [0.15, 0.2) is 0 Å². The van der Waals surface area contributed by atoms with Crippen LogP contribution in [0.2, 0.25) is 0 Å². The van der Waals surface area contributed by atoms with Crippen LogP contribution < -0.4 is 10.1 Å². The van der Waals surface area contributed by atoms with E-state index in [0.717, 1.165) is 29.6 Å². The summed E-state index contributed by atoms with van der Waals surface area (Å²) < 4.78 is 6.34. The second-order valence-corrected chi connectivity index (χ2v) is 6.22. The number of nitrogens with one attached hydrogen (secondary N) is 1. The van der Waals surface area contributed by atoms with Crippen LogP contribution in [0.25, 0.3) is 0 Å². The number of hydrogen-bond acceptors (Lipinski definition) is 2. The Morgan fingerprint density at radius 3 is 1.95 bits per heavy atom. The minimum atomic E-state index is 0.588. The Bertz CT molecular complexity index is 536. The van der Waals surface area contributed by atoms with E-state index in [9.17, 15) is 0 Å². The molecule has 0 spiro atoms. The Kier molecular flexibility index (Phi) is 6.27. The van der Waals surface area contributed by atoms with Gasteiger partial charge in [0, 0.05) is 4.47 Å². The van der Waals surface area contributed by atoms with E-state index in [4.69, 9.17) is 4.74 Å². The predicted octanol–water partition coefficient (Wildman–Crippen LogP) is 4.08. The van der Waals surface area contributed by atoms with Crippen LogP contribution >= 0.6 is 15.9 Å². The molecule has 0 aliphatic heterocycles. The molecule has 112 valence electrons. The van der Waals surface area contributed by atoms with Crippen molar-refractivity contribution < 1.29 is 4.74 Å². The summed E-state index contributed by atoms with van der Waals surface area (Å²) in [7, 11) is 3.72. The van der Waals surface area contributed by atoms with Gasteiger partial charge in [-0.15, -0.1) is 0 Å². The lowest BCUT2D eigenvalue weighted by Gasteiger charge is -2.17. The fourth-order valence-electron chi connectivity index (χ4n) is 2.55. The number of methoxy groups -OCH3 is 1. The molecular formula is C18H22BrNO. The smallest absolute Gasteiger partial charge is 0.118 e. The molecule has 1 N–H and O–H groups in total. The van der Waals surface area contributed by atoms with Crippen molar-refractivity contribution in [3.8, 4) is 5.75 Å². The summed E-state index contributed by atoms with van der Waals surface area (Å²) >= 11 is 3.49. The first kappa shape index (κ1) is 16.1. The maximum Gasteiger partial charge on any atom is 0.118 e. The van der Waals surface area contributed by atoms with Crippen molar-refractivity contribution in [2.45, 2.75) is 12.8 Å². The molecular weight excluding hydrogens is 326 g/mol. The van der Waals surface area contributed by atoms with Gasteiger partial charge in [0.1, 0.15) is 5.75 Å². The van der Waals surface area contributed by atoms with Crippen molar-refractivity contribution in [2.75, 3.05) is 20.7 Å². The van der Waals surface area contributed by atoms with E-state index in [2.05, 4.69) is 57.6 Å². The van der Waals surface area contributed by atoms with Gasteiger partial charge in [-0.05, 0) is 67.7 Å². The third kappa shape index (κ3) is 5.18. The fourth-order valence-corrected chi connectivity index (χ4v) is 2.82. The average Bonchev–Trinajstić information content (AvgIpc) is 2.50. The number of rotatable bonds is 7. The molecule has 0 saturated carbocycles. The Morgan fingerprint density at radius 1 is 0.952 bits per heavy atom. The lowest BCUT2D eigenvalue weighted by molar-refractivity contribution is 0.414. The Hall–Kier alpha value is -1.32. The minimum absolute atomic E-state index is 0.588. The van der Waals surface area contributed by atoms with Gasteiger partial charge in [0.2, 0.25) is 0 Å². The van der Waals surface area contributed by atoms with E-state index >= 15 is 0 Å². The molecule has 0 fully saturated rings. The highest BCUT2D eigenvalue weighted by Crippen LogP contribution is 2.19. The molecule has 1 atom stereocenters. The molecule has 0 saturated heterocycles. The minimum Gasteiger partial charge on any atom is -0.497 e. The summed E-state index contributed by atoms with van der Waals surface area (Å²) in [5, 5.41) is 3.31. The average molecular weight is 348 g/mol. The zero-order valence-corrected chi connectivity index (χ0v) is 14.2. The number of halogens is 1. The zero-order chi connectivity index (χ0) is 15.1. The van der Waals surface area contributed by atoms with Gasteiger partial charge in [-0.2, -0.15) is 0 Å². The monoisotopic (exact) mass is 347 g/mol. The van der Waals surface area contributed by atoms with Gasteiger partial charge in [-0.3, -0.25) is 0 Å². The highest BCUT2D eigenvalue weighted by molar-refractivity contribution is 9.10. The van der Waals surface area contributed by atoms with Crippen molar-refractivity contribution in [3.05, 3.63) is 64.1 Å². The number of benzene rings is 2. The van der Waals surface area contributed by atoms with Gasteiger partial charge in [0.25, 0.3) is 0 Å². The molecule has 3 heteroatoms. The Morgan fingerprint density at radius 2 is 1.48 bits per heavy atom. The quantitative estimate of drug-likeness (QED) is 0.814. The van der Waals surface area contributed by atoms with Crippen molar-refractivity contribution in [3.63, 3.8) is 0 Å². The second-order valence-electron chi connectivity index (χ2n) is 5.31.